The largest absolute Gasteiger partial charge is 0.693 e. The van der Waals surface area contributed by atoms with E-state index < -0.39 is 0 Å². The van der Waals surface area contributed by atoms with E-state index in [4.69, 9.17) is 0 Å². The molecular formula is C8H21NW-4. The fourth-order valence-electron chi connectivity index (χ4n) is 0.427. The molecule has 0 spiro atoms. The zero-order valence-electron chi connectivity index (χ0n) is 7.52. The van der Waals surface area contributed by atoms with Crippen molar-refractivity contribution in [2.24, 2.45) is 0 Å². The minimum atomic E-state index is 0. The summed E-state index contributed by atoms with van der Waals surface area (Å²) in [5, 5.41) is 0. The summed E-state index contributed by atoms with van der Waals surface area (Å²) >= 11 is 0. The third-order valence-electron chi connectivity index (χ3n) is 0.854. The molecule has 0 aliphatic carbocycles. The van der Waals surface area contributed by atoms with Crippen molar-refractivity contribution >= 4 is 0 Å². The second kappa shape index (κ2) is 33.4. The average Bonchev–Trinajstić information content (AvgIpc) is 1.61. The molecule has 0 amide bonds. The summed E-state index contributed by atoms with van der Waals surface area (Å²) in [6.07, 6.45) is 5.07. The smallest absolute Gasteiger partial charge is 0 e. The van der Waals surface area contributed by atoms with E-state index in [0.29, 0.717) is 0 Å². The first-order valence-electron chi connectivity index (χ1n) is 2.71. The van der Waals surface area contributed by atoms with Gasteiger partial charge in [0.1, 0.15) is 0 Å². The quantitative estimate of drug-likeness (QED) is 0.557. The van der Waals surface area contributed by atoms with E-state index in [9.17, 15) is 0 Å². The van der Waals surface area contributed by atoms with Crippen LogP contribution in [-0.4, -0.2) is 0 Å². The Labute approximate surface area is 81.8 Å². The molecule has 68 valence electrons. The summed E-state index contributed by atoms with van der Waals surface area (Å²) in [5.41, 5.74) is 0. The van der Waals surface area contributed by atoms with Crippen LogP contribution in [0.1, 0.15) is 32.6 Å². The maximum Gasteiger partial charge on any atom is 0 e. The summed E-state index contributed by atoms with van der Waals surface area (Å²) < 4.78 is 0. The van der Waals surface area contributed by atoms with Crippen LogP contribution in [0.4, 0.5) is 0 Å². The average molecular weight is 315 g/mol. The van der Waals surface area contributed by atoms with Crippen molar-refractivity contribution in [3.63, 3.8) is 0 Å². The van der Waals surface area contributed by atoms with Crippen molar-refractivity contribution in [3.8, 4) is 0 Å². The van der Waals surface area contributed by atoms with E-state index in [2.05, 4.69) is 13.8 Å². The third-order valence-corrected chi connectivity index (χ3v) is 0.854. The Morgan fingerprint density at radius 2 is 1.50 bits per heavy atom. The van der Waals surface area contributed by atoms with E-state index >= 15 is 0 Å². The second-order valence-corrected chi connectivity index (χ2v) is 1.56. The summed E-state index contributed by atoms with van der Waals surface area (Å²) in [7, 11) is 0. The standard InChI is InChI=1S/C6H13.2CH3.H2N.W/c1-3-5-6-4-2;;;;/h1,3-6H2,2H3;2*1H3;1H2;/q4*-1;. The van der Waals surface area contributed by atoms with Gasteiger partial charge in [-0.2, -0.15) is 6.42 Å². The topological polar surface area (TPSA) is 33.5 Å². The molecule has 0 radical (unpaired) electrons. The van der Waals surface area contributed by atoms with Crippen LogP contribution in [0, 0.1) is 21.8 Å². The van der Waals surface area contributed by atoms with E-state index in [1.165, 1.54) is 19.3 Å². The molecule has 1 nitrogen and oxygen atoms in total. The van der Waals surface area contributed by atoms with Gasteiger partial charge in [-0.05, 0) is 0 Å². The van der Waals surface area contributed by atoms with Gasteiger partial charge in [0.2, 0.25) is 0 Å². The number of unbranched alkanes of at least 4 members (excludes halogenated alkanes) is 3. The number of nitrogens with two attached hydrogens (primary N) is 1. The Morgan fingerprint density at radius 1 is 1.10 bits per heavy atom. The first-order valence-corrected chi connectivity index (χ1v) is 2.71. The fraction of sp³-hybridized carbons (Fsp3) is 0.625. The number of hydrogen-bond donors (Lipinski definition) is 0. The fourth-order valence-corrected chi connectivity index (χ4v) is 0.427. The molecular weight excluding hydrogens is 294 g/mol. The van der Waals surface area contributed by atoms with Crippen molar-refractivity contribution in [2.45, 2.75) is 32.6 Å². The molecule has 0 atom stereocenters. The molecule has 10 heavy (non-hydrogen) atoms. The van der Waals surface area contributed by atoms with Gasteiger partial charge < -0.3 is 27.9 Å². The van der Waals surface area contributed by atoms with Crippen molar-refractivity contribution in [2.75, 3.05) is 0 Å². The predicted molar refractivity (Wildman–Crippen MR) is 47.6 cm³/mol. The van der Waals surface area contributed by atoms with E-state index in [0.717, 1.165) is 6.42 Å². The van der Waals surface area contributed by atoms with Gasteiger partial charge in [0, 0.05) is 21.1 Å². The minimum absolute atomic E-state index is 0. The van der Waals surface area contributed by atoms with E-state index in [-0.39, 0.29) is 42.1 Å². The first-order chi connectivity index (χ1) is 2.91. The zero-order valence-corrected chi connectivity index (χ0v) is 10.5. The van der Waals surface area contributed by atoms with Gasteiger partial charge in [0.25, 0.3) is 0 Å². The summed E-state index contributed by atoms with van der Waals surface area (Å²) in [4.78, 5) is 0. The maximum atomic E-state index is 3.72. The summed E-state index contributed by atoms with van der Waals surface area (Å²) in [6, 6.07) is 0. The van der Waals surface area contributed by atoms with E-state index in [1.807, 2.05) is 0 Å². The van der Waals surface area contributed by atoms with Crippen LogP contribution in [0.15, 0.2) is 0 Å². The number of rotatable bonds is 3. The molecule has 0 unspecified atom stereocenters. The molecule has 0 saturated heterocycles. The SMILES string of the molecule is [CH2-]CCCCC.[CH3-].[CH3-].[NH2-].[W]. The molecule has 0 aromatic rings. The van der Waals surface area contributed by atoms with Gasteiger partial charge in [0.05, 0.1) is 0 Å². The molecule has 0 bridgehead atoms. The molecule has 2 N–H and O–H groups in total. The molecule has 0 aliphatic rings. The van der Waals surface area contributed by atoms with Gasteiger partial charge in [-0.25, -0.2) is 0 Å². The van der Waals surface area contributed by atoms with Crippen molar-refractivity contribution < 1.29 is 21.1 Å². The molecule has 0 saturated carbocycles. The van der Waals surface area contributed by atoms with E-state index in [1.54, 1.807) is 0 Å². The molecule has 0 rings (SSSR count). The molecule has 0 aliphatic heterocycles. The van der Waals surface area contributed by atoms with Crippen LogP contribution >= 0.6 is 0 Å². The molecule has 0 aromatic heterocycles. The molecule has 0 heterocycles. The minimum Gasteiger partial charge on any atom is -0.693 e. The van der Waals surface area contributed by atoms with Crippen LogP contribution in [0.5, 0.6) is 0 Å². The van der Waals surface area contributed by atoms with Crippen molar-refractivity contribution in [3.05, 3.63) is 27.9 Å². The van der Waals surface area contributed by atoms with Crippen LogP contribution in [0.25, 0.3) is 6.15 Å². The number of hydrogen-bond acceptors (Lipinski definition) is 0. The zero-order chi connectivity index (χ0) is 4.83. The first kappa shape index (κ1) is 31.1. The molecule has 0 fully saturated rings. The van der Waals surface area contributed by atoms with Crippen LogP contribution in [0.2, 0.25) is 0 Å². The Kier molecular flexibility index (Phi) is 104. The monoisotopic (exact) mass is 315 g/mol. The van der Waals surface area contributed by atoms with Crippen molar-refractivity contribution in [1.82, 2.24) is 0 Å². The summed E-state index contributed by atoms with van der Waals surface area (Å²) in [6.45, 7) is 5.93. The van der Waals surface area contributed by atoms with Crippen LogP contribution < -0.4 is 0 Å². The second-order valence-electron chi connectivity index (χ2n) is 1.56. The van der Waals surface area contributed by atoms with Gasteiger partial charge in [0.15, 0.2) is 0 Å². The Hall–Kier alpha value is 0.648. The predicted octanol–water partition coefficient (Wildman–Crippen LogP) is 4.02. The molecule has 2 heteroatoms. The van der Waals surface area contributed by atoms with Gasteiger partial charge in [-0.15, -0.1) is 0 Å². The Balaban J connectivity index is -0.0000000208. The third kappa shape index (κ3) is 38.0. The molecule has 0 aromatic carbocycles. The van der Waals surface area contributed by atoms with Gasteiger partial charge in [-0.1, -0.05) is 26.2 Å². The normalized spacial score (nSPS) is 5.40. The van der Waals surface area contributed by atoms with Crippen molar-refractivity contribution in [1.29, 1.82) is 0 Å². The Morgan fingerprint density at radius 3 is 1.60 bits per heavy atom. The van der Waals surface area contributed by atoms with Crippen LogP contribution in [-0.2, 0) is 21.1 Å². The van der Waals surface area contributed by atoms with Gasteiger partial charge >= 0.3 is 0 Å². The van der Waals surface area contributed by atoms with Gasteiger partial charge in [-0.3, -0.25) is 0 Å². The Bertz CT molecular complexity index is 21.2. The van der Waals surface area contributed by atoms with Crippen LogP contribution in [0.3, 0.4) is 0 Å². The summed E-state index contributed by atoms with van der Waals surface area (Å²) in [5.74, 6) is 0. The maximum absolute atomic E-state index is 3.72.